The number of thioether (sulfide) groups is 1. The van der Waals surface area contributed by atoms with Crippen molar-refractivity contribution in [3.8, 4) is 17.2 Å². The average molecular weight is 464 g/mol. The minimum absolute atomic E-state index is 0.219. The highest BCUT2D eigenvalue weighted by molar-refractivity contribution is 8.26. The van der Waals surface area contributed by atoms with E-state index in [9.17, 15) is 4.79 Å². The lowest BCUT2D eigenvalue weighted by atomic mass is 10.1. The largest absolute Gasteiger partial charge is 0.490 e. The van der Waals surface area contributed by atoms with Crippen molar-refractivity contribution in [3.05, 3.63) is 56.9 Å². The van der Waals surface area contributed by atoms with Crippen LogP contribution in [0.15, 0.2) is 35.2 Å². The van der Waals surface area contributed by atoms with Gasteiger partial charge in [0, 0.05) is 0 Å². The number of carbonyl (C=O) groups excluding carboxylic acids is 1. The second-order valence-electron chi connectivity index (χ2n) is 6.58. The van der Waals surface area contributed by atoms with Crippen LogP contribution < -0.4 is 19.5 Å². The molecule has 0 bridgehead atoms. The molecule has 1 N–H and O–H groups in total. The molecule has 158 valence electrons. The molecule has 0 aromatic heterocycles. The van der Waals surface area contributed by atoms with E-state index in [-0.39, 0.29) is 5.91 Å². The molecule has 2 aromatic carbocycles. The Bertz CT molecular complexity index is 1010. The number of hydrogen-bond donors (Lipinski definition) is 1. The summed E-state index contributed by atoms with van der Waals surface area (Å²) >= 11 is 12.7. The zero-order valence-electron chi connectivity index (χ0n) is 16.9. The van der Waals surface area contributed by atoms with Gasteiger partial charge in [0.05, 0.1) is 16.5 Å². The lowest BCUT2D eigenvalue weighted by Crippen LogP contribution is -2.17. The molecule has 0 unspecified atom stereocenters. The highest BCUT2D eigenvalue weighted by atomic mass is 35.5. The highest BCUT2D eigenvalue weighted by Gasteiger charge is 2.22. The average Bonchev–Trinajstić information content (AvgIpc) is 2.99. The third kappa shape index (κ3) is 5.68. The van der Waals surface area contributed by atoms with Crippen molar-refractivity contribution in [1.29, 1.82) is 0 Å². The number of halogens is 1. The van der Waals surface area contributed by atoms with Crippen molar-refractivity contribution < 1.29 is 19.0 Å². The molecule has 1 amide bonds. The monoisotopic (exact) mass is 463 g/mol. The maximum atomic E-state index is 11.9. The molecule has 0 spiro atoms. The number of hydrogen-bond acceptors (Lipinski definition) is 6. The van der Waals surface area contributed by atoms with Crippen molar-refractivity contribution in [2.24, 2.45) is 0 Å². The van der Waals surface area contributed by atoms with E-state index in [2.05, 4.69) is 11.4 Å². The molecule has 5 nitrogen and oxygen atoms in total. The maximum Gasteiger partial charge on any atom is 0.263 e. The number of carbonyl (C=O) groups is 1. The third-order valence-corrected chi connectivity index (χ3v) is 5.63. The molecule has 1 saturated heterocycles. The summed E-state index contributed by atoms with van der Waals surface area (Å²) in [6.07, 6.45) is 1.72. The van der Waals surface area contributed by atoms with Crippen LogP contribution in [-0.4, -0.2) is 30.0 Å². The zero-order chi connectivity index (χ0) is 21.7. The number of aryl methyl sites for hydroxylation is 2. The first kappa shape index (κ1) is 22.5. The van der Waals surface area contributed by atoms with E-state index in [0.717, 1.165) is 16.9 Å². The molecule has 0 aliphatic carbocycles. The van der Waals surface area contributed by atoms with E-state index >= 15 is 0 Å². The Morgan fingerprint density at radius 3 is 2.53 bits per heavy atom. The van der Waals surface area contributed by atoms with Gasteiger partial charge in [-0.3, -0.25) is 4.79 Å². The van der Waals surface area contributed by atoms with Gasteiger partial charge in [0.25, 0.3) is 5.91 Å². The number of thiocarbonyl (C=S) groups is 1. The Morgan fingerprint density at radius 2 is 1.87 bits per heavy atom. The molecular weight excluding hydrogens is 442 g/mol. The predicted octanol–water partition coefficient (Wildman–Crippen LogP) is 5.30. The Labute approximate surface area is 190 Å². The smallest absolute Gasteiger partial charge is 0.263 e. The Balaban J connectivity index is 1.70. The summed E-state index contributed by atoms with van der Waals surface area (Å²) in [6.45, 7) is 7.06. The molecule has 1 heterocycles. The number of ether oxygens (including phenoxy) is 3. The van der Waals surface area contributed by atoms with Crippen LogP contribution >= 0.6 is 35.6 Å². The molecule has 30 heavy (non-hydrogen) atoms. The van der Waals surface area contributed by atoms with E-state index in [1.54, 1.807) is 18.2 Å². The quantitative estimate of drug-likeness (QED) is 0.325. The van der Waals surface area contributed by atoms with Crippen molar-refractivity contribution in [1.82, 2.24) is 5.32 Å². The number of amides is 1. The summed E-state index contributed by atoms with van der Waals surface area (Å²) in [6, 6.07) is 9.55. The van der Waals surface area contributed by atoms with E-state index in [1.165, 1.54) is 17.3 Å². The van der Waals surface area contributed by atoms with Crippen LogP contribution in [0.5, 0.6) is 17.2 Å². The van der Waals surface area contributed by atoms with Gasteiger partial charge in [0.15, 0.2) is 11.5 Å². The van der Waals surface area contributed by atoms with Crippen molar-refractivity contribution in [2.45, 2.75) is 20.8 Å². The van der Waals surface area contributed by atoms with E-state index in [4.69, 9.17) is 38.0 Å². The first-order chi connectivity index (χ1) is 14.4. The molecule has 1 aliphatic heterocycles. The van der Waals surface area contributed by atoms with Crippen molar-refractivity contribution in [3.63, 3.8) is 0 Å². The molecular formula is C22H22ClNO4S2. The lowest BCUT2D eigenvalue weighted by Gasteiger charge is -2.15. The third-order valence-electron chi connectivity index (χ3n) is 4.19. The fourth-order valence-corrected chi connectivity index (χ4v) is 4.22. The molecule has 0 saturated carbocycles. The summed E-state index contributed by atoms with van der Waals surface area (Å²) in [5.41, 5.74) is 2.99. The summed E-state index contributed by atoms with van der Waals surface area (Å²) < 4.78 is 17.8. The standard InChI is InChI=1S/C22H22ClNO4S2/c1-4-26-18-11-15(12-19-21(25)24-22(29)30-19)10-16(23)20(18)28-8-7-27-17-6-5-13(2)9-14(17)3/h5-6,9-12H,4,7-8H2,1-3H3,(H,24,25,29)/b19-12+. The Hall–Kier alpha value is -2.22. The Morgan fingerprint density at radius 1 is 1.10 bits per heavy atom. The minimum Gasteiger partial charge on any atom is -0.490 e. The maximum absolute atomic E-state index is 11.9. The minimum atomic E-state index is -0.219. The Kier molecular flexibility index (Phi) is 7.64. The molecule has 0 radical (unpaired) electrons. The second-order valence-corrected chi connectivity index (χ2v) is 8.71. The zero-order valence-corrected chi connectivity index (χ0v) is 19.3. The summed E-state index contributed by atoms with van der Waals surface area (Å²) in [7, 11) is 0. The number of rotatable bonds is 8. The van der Waals surface area contributed by atoms with Gasteiger partial charge in [0.1, 0.15) is 23.3 Å². The highest BCUT2D eigenvalue weighted by Crippen LogP contribution is 2.38. The first-order valence-corrected chi connectivity index (χ1v) is 11.0. The SMILES string of the molecule is CCOc1cc(/C=C2/SC(=S)NC2=O)cc(Cl)c1OCCOc1ccc(C)cc1C. The number of benzene rings is 2. The van der Waals surface area contributed by atoms with Crippen molar-refractivity contribution in [2.75, 3.05) is 19.8 Å². The van der Waals surface area contributed by atoms with E-state index in [1.807, 2.05) is 32.9 Å². The first-order valence-electron chi connectivity index (χ1n) is 9.41. The summed E-state index contributed by atoms with van der Waals surface area (Å²) in [5, 5.41) is 2.99. The van der Waals surface area contributed by atoms with Gasteiger partial charge in [-0.05, 0) is 56.2 Å². The van der Waals surface area contributed by atoms with Gasteiger partial charge in [0.2, 0.25) is 0 Å². The normalized spacial score (nSPS) is 14.7. The molecule has 2 aromatic rings. The van der Waals surface area contributed by atoms with Crippen LogP contribution in [0.1, 0.15) is 23.6 Å². The summed E-state index contributed by atoms with van der Waals surface area (Å²) in [4.78, 5) is 12.4. The van der Waals surface area contributed by atoms with E-state index in [0.29, 0.717) is 45.6 Å². The van der Waals surface area contributed by atoms with Gasteiger partial charge < -0.3 is 19.5 Å². The fourth-order valence-electron chi connectivity index (χ4n) is 2.90. The van der Waals surface area contributed by atoms with Crippen LogP contribution in [0.3, 0.4) is 0 Å². The van der Waals surface area contributed by atoms with Gasteiger partial charge >= 0.3 is 0 Å². The topological polar surface area (TPSA) is 56.8 Å². The van der Waals surface area contributed by atoms with Gasteiger partial charge in [-0.1, -0.05) is 53.3 Å². The molecule has 8 heteroatoms. The van der Waals surface area contributed by atoms with Crippen LogP contribution in [-0.2, 0) is 4.79 Å². The second kappa shape index (κ2) is 10.2. The van der Waals surface area contributed by atoms with Crippen LogP contribution in [0.4, 0.5) is 0 Å². The van der Waals surface area contributed by atoms with Gasteiger partial charge in [-0.25, -0.2) is 0 Å². The predicted molar refractivity (Wildman–Crippen MR) is 126 cm³/mol. The molecule has 0 atom stereocenters. The number of nitrogens with one attached hydrogen (secondary N) is 1. The fraction of sp³-hybridized carbons (Fsp3) is 0.273. The molecule has 1 aliphatic rings. The van der Waals surface area contributed by atoms with Crippen molar-refractivity contribution >= 4 is 51.9 Å². The van der Waals surface area contributed by atoms with E-state index < -0.39 is 0 Å². The lowest BCUT2D eigenvalue weighted by molar-refractivity contribution is -0.115. The van der Waals surface area contributed by atoms with Crippen LogP contribution in [0.25, 0.3) is 6.08 Å². The molecule has 3 rings (SSSR count). The van der Waals surface area contributed by atoms with Crippen LogP contribution in [0, 0.1) is 13.8 Å². The summed E-state index contributed by atoms with van der Waals surface area (Å²) in [5.74, 6) is 1.56. The molecule has 1 fully saturated rings. The van der Waals surface area contributed by atoms with Crippen LogP contribution in [0.2, 0.25) is 5.02 Å². The van der Waals surface area contributed by atoms with Gasteiger partial charge in [-0.2, -0.15) is 0 Å². The van der Waals surface area contributed by atoms with Gasteiger partial charge in [-0.15, -0.1) is 0 Å².